The fraction of sp³-hybridized carbons (Fsp3) is 0.235. The maximum Gasteiger partial charge on any atom is 0.417 e. The van der Waals surface area contributed by atoms with Crippen LogP contribution in [0.25, 0.3) is 0 Å². The standard InChI is InChI=1S/C17H16ClF3N2O4S/c1-10(16(24)22-11-7-8-14(27-2)13(18)9-11)23-28(25,26)15-6-4-3-5-12(15)17(19,20)21/h3-10,23H,1-2H3,(H,22,24)/t10-/m0/s1. The number of nitrogens with one attached hydrogen (secondary N) is 2. The summed E-state index contributed by atoms with van der Waals surface area (Å²) in [6.07, 6.45) is -4.86. The van der Waals surface area contributed by atoms with Gasteiger partial charge in [0.25, 0.3) is 0 Å². The Morgan fingerprint density at radius 2 is 1.82 bits per heavy atom. The summed E-state index contributed by atoms with van der Waals surface area (Å²) in [6.45, 7) is 1.20. The summed E-state index contributed by atoms with van der Waals surface area (Å²) in [4.78, 5) is 11.3. The highest BCUT2D eigenvalue weighted by molar-refractivity contribution is 7.89. The van der Waals surface area contributed by atoms with E-state index in [4.69, 9.17) is 16.3 Å². The van der Waals surface area contributed by atoms with Crippen molar-refractivity contribution >= 4 is 33.2 Å². The number of amides is 1. The van der Waals surface area contributed by atoms with Crippen LogP contribution in [0.4, 0.5) is 18.9 Å². The van der Waals surface area contributed by atoms with Gasteiger partial charge in [0.15, 0.2) is 0 Å². The van der Waals surface area contributed by atoms with Crippen molar-refractivity contribution in [2.45, 2.75) is 24.0 Å². The number of halogens is 4. The fourth-order valence-corrected chi connectivity index (χ4v) is 3.97. The third-order valence-corrected chi connectivity index (χ3v) is 5.52. The van der Waals surface area contributed by atoms with E-state index >= 15 is 0 Å². The summed E-state index contributed by atoms with van der Waals surface area (Å²) in [5.41, 5.74) is -1.06. The van der Waals surface area contributed by atoms with Gasteiger partial charge in [-0.05, 0) is 37.3 Å². The largest absolute Gasteiger partial charge is 0.495 e. The number of hydrogen-bond acceptors (Lipinski definition) is 4. The van der Waals surface area contributed by atoms with Gasteiger partial charge in [0.05, 0.1) is 28.6 Å². The first-order valence-electron chi connectivity index (χ1n) is 7.78. The Morgan fingerprint density at radius 3 is 2.39 bits per heavy atom. The molecule has 1 atom stereocenters. The second-order valence-electron chi connectivity index (χ2n) is 5.68. The summed E-state index contributed by atoms with van der Waals surface area (Å²) in [5, 5.41) is 2.64. The van der Waals surface area contributed by atoms with Crippen molar-refractivity contribution < 1.29 is 31.1 Å². The number of anilines is 1. The molecule has 2 rings (SSSR count). The molecular formula is C17H16ClF3N2O4S. The van der Waals surface area contributed by atoms with E-state index in [1.165, 1.54) is 32.2 Å². The first kappa shape index (κ1) is 22.0. The van der Waals surface area contributed by atoms with Crippen LogP contribution >= 0.6 is 11.6 Å². The highest BCUT2D eigenvalue weighted by atomic mass is 35.5. The van der Waals surface area contributed by atoms with Crippen LogP contribution in [0.2, 0.25) is 5.02 Å². The van der Waals surface area contributed by atoms with Crippen LogP contribution in [0, 0.1) is 0 Å². The van der Waals surface area contributed by atoms with Crippen molar-refractivity contribution in [1.82, 2.24) is 4.72 Å². The molecule has 28 heavy (non-hydrogen) atoms. The monoisotopic (exact) mass is 436 g/mol. The molecule has 1 amide bonds. The molecule has 0 heterocycles. The Labute approximate surface area is 164 Å². The van der Waals surface area contributed by atoms with E-state index in [1.807, 2.05) is 4.72 Å². The smallest absolute Gasteiger partial charge is 0.417 e. The molecule has 2 aromatic carbocycles. The van der Waals surface area contributed by atoms with Gasteiger partial charge in [-0.15, -0.1) is 0 Å². The van der Waals surface area contributed by atoms with E-state index in [9.17, 15) is 26.4 Å². The molecule has 0 unspecified atom stereocenters. The maximum absolute atomic E-state index is 13.1. The van der Waals surface area contributed by atoms with Crippen molar-refractivity contribution in [3.8, 4) is 5.75 Å². The van der Waals surface area contributed by atoms with Gasteiger partial charge >= 0.3 is 6.18 Å². The van der Waals surface area contributed by atoms with Crippen molar-refractivity contribution in [3.63, 3.8) is 0 Å². The number of alkyl halides is 3. The van der Waals surface area contributed by atoms with Crippen molar-refractivity contribution in [1.29, 1.82) is 0 Å². The predicted molar refractivity (Wildman–Crippen MR) is 97.9 cm³/mol. The SMILES string of the molecule is COc1ccc(NC(=O)[C@H](C)NS(=O)(=O)c2ccccc2C(F)(F)F)cc1Cl. The Kier molecular flexibility index (Phi) is 6.58. The molecule has 11 heteroatoms. The van der Waals surface area contributed by atoms with Crippen molar-refractivity contribution in [2.75, 3.05) is 12.4 Å². The molecule has 2 N–H and O–H groups in total. The van der Waals surface area contributed by atoms with E-state index in [0.29, 0.717) is 11.8 Å². The molecule has 0 aliphatic rings. The Bertz CT molecular complexity index is 981. The minimum absolute atomic E-state index is 0.215. The normalized spacial score (nSPS) is 13.1. The molecule has 6 nitrogen and oxygen atoms in total. The molecular weight excluding hydrogens is 421 g/mol. The third-order valence-electron chi connectivity index (χ3n) is 3.63. The van der Waals surface area contributed by atoms with Crippen LogP contribution < -0.4 is 14.8 Å². The molecule has 0 saturated carbocycles. The lowest BCUT2D eigenvalue weighted by atomic mass is 10.2. The number of ether oxygens (including phenoxy) is 1. The Balaban J connectivity index is 2.19. The van der Waals surface area contributed by atoms with Gasteiger partial charge in [-0.25, -0.2) is 8.42 Å². The van der Waals surface area contributed by atoms with E-state index in [1.54, 1.807) is 0 Å². The molecule has 0 saturated heterocycles. The highest BCUT2D eigenvalue weighted by Crippen LogP contribution is 2.34. The van der Waals surface area contributed by atoms with E-state index < -0.39 is 38.6 Å². The van der Waals surface area contributed by atoms with Crippen molar-refractivity contribution in [3.05, 3.63) is 53.1 Å². The van der Waals surface area contributed by atoms with Gasteiger partial charge in [0, 0.05) is 5.69 Å². The minimum atomic E-state index is -4.86. The molecule has 152 valence electrons. The number of sulfonamides is 1. The van der Waals surface area contributed by atoms with Gasteiger partial charge in [-0.2, -0.15) is 17.9 Å². The molecule has 0 aliphatic carbocycles. The maximum atomic E-state index is 13.1. The Hall–Kier alpha value is -2.30. The average molecular weight is 437 g/mol. The highest BCUT2D eigenvalue weighted by Gasteiger charge is 2.37. The lowest BCUT2D eigenvalue weighted by Crippen LogP contribution is -2.42. The second-order valence-corrected chi connectivity index (χ2v) is 7.77. The zero-order valence-electron chi connectivity index (χ0n) is 14.7. The van der Waals surface area contributed by atoms with Crippen LogP contribution in [-0.2, 0) is 21.0 Å². The van der Waals surface area contributed by atoms with Gasteiger partial charge in [0.2, 0.25) is 15.9 Å². The molecule has 0 bridgehead atoms. The first-order valence-corrected chi connectivity index (χ1v) is 9.65. The summed E-state index contributed by atoms with van der Waals surface area (Å²) in [7, 11) is -3.19. The van der Waals surface area contributed by atoms with Gasteiger partial charge in [0.1, 0.15) is 5.75 Å². The van der Waals surface area contributed by atoms with E-state index in [0.717, 1.165) is 18.2 Å². The van der Waals surface area contributed by atoms with Crippen LogP contribution in [0.1, 0.15) is 12.5 Å². The first-order chi connectivity index (χ1) is 13.0. The fourth-order valence-electron chi connectivity index (χ4n) is 2.28. The predicted octanol–water partition coefficient (Wildman–Crippen LogP) is 3.67. The zero-order valence-corrected chi connectivity index (χ0v) is 16.2. The Morgan fingerprint density at radius 1 is 1.18 bits per heavy atom. The molecule has 2 aromatic rings. The van der Waals surface area contributed by atoms with Gasteiger partial charge in [-0.3, -0.25) is 4.79 Å². The van der Waals surface area contributed by atoms with E-state index in [2.05, 4.69) is 5.32 Å². The molecule has 0 spiro atoms. The number of rotatable bonds is 6. The van der Waals surface area contributed by atoms with Crippen LogP contribution in [0.3, 0.4) is 0 Å². The van der Waals surface area contributed by atoms with Crippen molar-refractivity contribution in [2.24, 2.45) is 0 Å². The molecule has 0 fully saturated rings. The topological polar surface area (TPSA) is 84.5 Å². The summed E-state index contributed by atoms with van der Waals surface area (Å²) in [5.74, 6) is -0.411. The van der Waals surface area contributed by atoms with Gasteiger partial charge < -0.3 is 10.1 Å². The van der Waals surface area contributed by atoms with Crippen LogP contribution in [0.15, 0.2) is 47.4 Å². The quantitative estimate of drug-likeness (QED) is 0.723. The lowest BCUT2D eigenvalue weighted by molar-refractivity contribution is -0.139. The molecule has 0 radical (unpaired) electrons. The number of carbonyl (C=O) groups excluding carboxylic acids is 1. The number of methoxy groups -OCH3 is 1. The van der Waals surface area contributed by atoms with E-state index in [-0.39, 0.29) is 10.7 Å². The number of hydrogen-bond donors (Lipinski definition) is 2. The number of benzene rings is 2. The van der Waals surface area contributed by atoms with Crippen LogP contribution in [0.5, 0.6) is 5.75 Å². The van der Waals surface area contributed by atoms with Gasteiger partial charge in [-0.1, -0.05) is 23.7 Å². The lowest BCUT2D eigenvalue weighted by Gasteiger charge is -2.17. The van der Waals surface area contributed by atoms with Crippen LogP contribution in [-0.4, -0.2) is 27.5 Å². The molecule has 0 aliphatic heterocycles. The summed E-state index contributed by atoms with van der Waals surface area (Å²) in [6, 6.07) is 6.71. The summed E-state index contributed by atoms with van der Waals surface area (Å²) < 4.78 is 70.9. The minimum Gasteiger partial charge on any atom is -0.495 e. The summed E-state index contributed by atoms with van der Waals surface area (Å²) >= 11 is 5.94. The zero-order chi connectivity index (χ0) is 21.1. The average Bonchev–Trinajstić information content (AvgIpc) is 2.60. The second kappa shape index (κ2) is 8.38. The molecule has 0 aromatic heterocycles. The number of carbonyl (C=O) groups is 1. The third kappa shape index (κ3) is 5.15.